The van der Waals surface area contributed by atoms with Crippen molar-refractivity contribution >= 4 is 5.97 Å². The number of nitrogens with one attached hydrogen (secondary N) is 1. The van der Waals surface area contributed by atoms with E-state index in [-0.39, 0.29) is 0 Å². The predicted octanol–water partition coefficient (Wildman–Crippen LogP) is 0.857. The fraction of sp³-hybridized carbons (Fsp3) is 0.933. The van der Waals surface area contributed by atoms with Crippen LogP contribution in [0.15, 0.2) is 0 Å². The molecule has 2 aliphatic rings. The first-order chi connectivity index (χ1) is 9.62. The minimum absolute atomic E-state index is 0.314. The molecule has 2 rings (SSSR count). The number of hydrogen-bond donors (Lipinski definition) is 2. The van der Waals surface area contributed by atoms with E-state index in [1.807, 2.05) is 6.92 Å². The van der Waals surface area contributed by atoms with Crippen molar-refractivity contribution in [3.05, 3.63) is 0 Å². The molecule has 116 valence electrons. The summed E-state index contributed by atoms with van der Waals surface area (Å²) in [5.41, 5.74) is -0.721. The Balaban J connectivity index is 1.93. The SMILES string of the molecule is CCCN1CCN(CC(NCC)(C(=O)O)C2CC2)CC1. The molecule has 0 bridgehead atoms. The fourth-order valence-electron chi connectivity index (χ4n) is 3.38. The Morgan fingerprint density at radius 3 is 2.25 bits per heavy atom. The molecule has 1 heterocycles. The average molecular weight is 283 g/mol. The molecule has 5 nitrogen and oxygen atoms in total. The van der Waals surface area contributed by atoms with Gasteiger partial charge in [-0.3, -0.25) is 9.69 Å². The maximum atomic E-state index is 11.8. The van der Waals surface area contributed by atoms with E-state index in [0.717, 1.165) is 52.1 Å². The van der Waals surface area contributed by atoms with E-state index in [2.05, 4.69) is 22.0 Å². The summed E-state index contributed by atoms with van der Waals surface area (Å²) < 4.78 is 0. The van der Waals surface area contributed by atoms with Crippen LogP contribution in [0.2, 0.25) is 0 Å². The minimum Gasteiger partial charge on any atom is -0.480 e. The number of piperazine rings is 1. The highest BCUT2D eigenvalue weighted by Crippen LogP contribution is 2.40. The first-order valence-electron chi connectivity index (χ1n) is 8.05. The summed E-state index contributed by atoms with van der Waals surface area (Å²) in [7, 11) is 0. The second kappa shape index (κ2) is 6.87. The van der Waals surface area contributed by atoms with Crippen LogP contribution in [0.25, 0.3) is 0 Å². The molecular formula is C15H29N3O2. The van der Waals surface area contributed by atoms with Gasteiger partial charge in [0.1, 0.15) is 5.54 Å². The lowest BCUT2D eigenvalue weighted by molar-refractivity contribution is -0.147. The van der Waals surface area contributed by atoms with Crippen molar-refractivity contribution in [1.82, 2.24) is 15.1 Å². The van der Waals surface area contributed by atoms with Crippen LogP contribution in [0.3, 0.4) is 0 Å². The highest BCUT2D eigenvalue weighted by molar-refractivity contribution is 5.80. The Hall–Kier alpha value is -0.650. The van der Waals surface area contributed by atoms with Gasteiger partial charge >= 0.3 is 5.97 Å². The van der Waals surface area contributed by atoms with Crippen LogP contribution < -0.4 is 5.32 Å². The van der Waals surface area contributed by atoms with Crippen molar-refractivity contribution < 1.29 is 9.90 Å². The molecule has 2 fully saturated rings. The van der Waals surface area contributed by atoms with Gasteiger partial charge in [0.15, 0.2) is 0 Å². The predicted molar refractivity (Wildman–Crippen MR) is 79.9 cm³/mol. The number of carbonyl (C=O) groups is 1. The molecule has 0 radical (unpaired) electrons. The lowest BCUT2D eigenvalue weighted by atomic mass is 9.92. The number of rotatable bonds is 8. The third-order valence-corrected chi connectivity index (χ3v) is 4.63. The van der Waals surface area contributed by atoms with Crippen LogP contribution in [0.4, 0.5) is 0 Å². The highest BCUT2D eigenvalue weighted by atomic mass is 16.4. The van der Waals surface area contributed by atoms with E-state index in [9.17, 15) is 9.90 Å². The van der Waals surface area contributed by atoms with Gasteiger partial charge in [-0.05, 0) is 38.3 Å². The zero-order valence-electron chi connectivity index (χ0n) is 12.9. The second-order valence-corrected chi connectivity index (χ2v) is 6.20. The summed E-state index contributed by atoms with van der Waals surface area (Å²) in [6, 6.07) is 0. The van der Waals surface area contributed by atoms with E-state index in [1.165, 1.54) is 6.42 Å². The molecule has 0 aromatic heterocycles. The molecule has 0 amide bonds. The lowest BCUT2D eigenvalue weighted by Gasteiger charge is -2.40. The third kappa shape index (κ3) is 3.51. The van der Waals surface area contributed by atoms with Crippen molar-refractivity contribution in [2.24, 2.45) is 5.92 Å². The van der Waals surface area contributed by atoms with Gasteiger partial charge in [0.25, 0.3) is 0 Å². The van der Waals surface area contributed by atoms with E-state index in [4.69, 9.17) is 0 Å². The molecule has 5 heteroatoms. The van der Waals surface area contributed by atoms with Gasteiger partial charge in [-0.2, -0.15) is 0 Å². The van der Waals surface area contributed by atoms with E-state index >= 15 is 0 Å². The van der Waals surface area contributed by atoms with Crippen LogP contribution in [0, 0.1) is 5.92 Å². The third-order valence-electron chi connectivity index (χ3n) is 4.63. The Kier molecular flexibility index (Phi) is 5.41. The van der Waals surface area contributed by atoms with E-state index in [1.54, 1.807) is 0 Å². The standard InChI is InChI=1S/C15H29N3O2/c1-3-7-17-8-10-18(11-9-17)12-15(14(19)20,16-4-2)13-5-6-13/h13,16H,3-12H2,1-2H3,(H,19,20). The van der Waals surface area contributed by atoms with Gasteiger partial charge in [-0.25, -0.2) is 0 Å². The maximum Gasteiger partial charge on any atom is 0.325 e. The molecule has 20 heavy (non-hydrogen) atoms. The Morgan fingerprint density at radius 2 is 1.80 bits per heavy atom. The minimum atomic E-state index is -0.721. The van der Waals surface area contributed by atoms with Crippen molar-refractivity contribution in [3.8, 4) is 0 Å². The molecule has 1 unspecified atom stereocenters. The number of aliphatic carboxylic acids is 1. The summed E-state index contributed by atoms with van der Waals surface area (Å²) in [5, 5.41) is 13.0. The van der Waals surface area contributed by atoms with Gasteiger partial charge in [0, 0.05) is 32.7 Å². The van der Waals surface area contributed by atoms with Gasteiger partial charge in [-0.1, -0.05) is 13.8 Å². The van der Waals surface area contributed by atoms with Crippen molar-refractivity contribution in [2.75, 3.05) is 45.8 Å². The number of hydrogen-bond acceptors (Lipinski definition) is 4. The molecule has 1 atom stereocenters. The normalized spacial score (nSPS) is 24.5. The smallest absolute Gasteiger partial charge is 0.325 e. The van der Waals surface area contributed by atoms with Gasteiger partial charge in [-0.15, -0.1) is 0 Å². The van der Waals surface area contributed by atoms with Crippen LogP contribution >= 0.6 is 0 Å². The molecule has 1 saturated heterocycles. The number of carboxylic acid groups (broad SMARTS) is 1. The maximum absolute atomic E-state index is 11.8. The van der Waals surface area contributed by atoms with Crippen LogP contribution in [-0.2, 0) is 4.79 Å². The van der Waals surface area contributed by atoms with E-state index in [0.29, 0.717) is 12.5 Å². The second-order valence-electron chi connectivity index (χ2n) is 6.20. The van der Waals surface area contributed by atoms with Crippen LogP contribution in [-0.4, -0.2) is 72.2 Å². The summed E-state index contributed by atoms with van der Waals surface area (Å²) in [5.74, 6) is -0.355. The average Bonchev–Trinajstić information content (AvgIpc) is 3.25. The lowest BCUT2D eigenvalue weighted by Crippen LogP contribution is -2.62. The fourth-order valence-corrected chi connectivity index (χ4v) is 3.38. The summed E-state index contributed by atoms with van der Waals surface area (Å²) in [6.45, 7) is 10.9. The molecule has 1 aliphatic carbocycles. The van der Waals surface area contributed by atoms with Crippen molar-refractivity contribution in [2.45, 2.75) is 38.6 Å². The molecular weight excluding hydrogens is 254 g/mol. The molecule has 1 aliphatic heterocycles. The van der Waals surface area contributed by atoms with Crippen molar-refractivity contribution in [1.29, 1.82) is 0 Å². The van der Waals surface area contributed by atoms with Crippen LogP contribution in [0.5, 0.6) is 0 Å². The van der Waals surface area contributed by atoms with Gasteiger partial charge in [0.05, 0.1) is 0 Å². The first kappa shape index (κ1) is 15.7. The number of nitrogens with zero attached hydrogens (tertiary/aromatic N) is 2. The number of likely N-dealkylation sites (N-methyl/N-ethyl adjacent to an activating group) is 1. The molecule has 0 spiro atoms. The molecule has 2 N–H and O–H groups in total. The zero-order chi connectivity index (χ0) is 14.6. The van der Waals surface area contributed by atoms with Gasteiger partial charge < -0.3 is 15.3 Å². The monoisotopic (exact) mass is 283 g/mol. The first-order valence-corrected chi connectivity index (χ1v) is 8.05. The molecule has 0 aromatic rings. The summed E-state index contributed by atoms with van der Waals surface area (Å²) in [6.07, 6.45) is 3.29. The van der Waals surface area contributed by atoms with Crippen LogP contribution in [0.1, 0.15) is 33.1 Å². The Labute approximate surface area is 122 Å². The summed E-state index contributed by atoms with van der Waals surface area (Å²) in [4.78, 5) is 16.6. The zero-order valence-corrected chi connectivity index (χ0v) is 12.9. The number of carboxylic acids is 1. The Bertz CT molecular complexity index is 325. The largest absolute Gasteiger partial charge is 0.480 e. The molecule has 1 saturated carbocycles. The summed E-state index contributed by atoms with van der Waals surface area (Å²) >= 11 is 0. The Morgan fingerprint density at radius 1 is 1.20 bits per heavy atom. The topological polar surface area (TPSA) is 55.8 Å². The molecule has 0 aromatic carbocycles. The van der Waals surface area contributed by atoms with Gasteiger partial charge in [0.2, 0.25) is 0 Å². The van der Waals surface area contributed by atoms with Crippen molar-refractivity contribution in [3.63, 3.8) is 0 Å². The quantitative estimate of drug-likeness (QED) is 0.692. The van der Waals surface area contributed by atoms with E-state index < -0.39 is 11.5 Å². The highest BCUT2D eigenvalue weighted by Gasteiger charge is 2.51.